The molecule has 0 saturated heterocycles. The first-order valence-corrected chi connectivity index (χ1v) is 12.3. The predicted octanol–water partition coefficient (Wildman–Crippen LogP) is 6.90. The van der Waals surface area contributed by atoms with Gasteiger partial charge in [0.2, 0.25) is 0 Å². The van der Waals surface area contributed by atoms with Gasteiger partial charge in [0.15, 0.2) is 5.78 Å². The average molecular weight is 494 g/mol. The van der Waals surface area contributed by atoms with Gasteiger partial charge in [0.1, 0.15) is 6.04 Å². The van der Waals surface area contributed by atoms with Crippen LogP contribution in [0.1, 0.15) is 36.1 Å². The summed E-state index contributed by atoms with van der Waals surface area (Å²) in [4.78, 5) is 25.8. The Kier molecular flexibility index (Phi) is 6.05. The molecule has 3 nitrogen and oxygen atoms in total. The van der Waals surface area contributed by atoms with Crippen molar-refractivity contribution in [3.05, 3.63) is 99.8 Å². The lowest BCUT2D eigenvalue weighted by atomic mass is 9.93. The number of aromatic nitrogens is 1. The fourth-order valence-electron chi connectivity index (χ4n) is 4.74. The molecule has 0 aliphatic carbocycles. The van der Waals surface area contributed by atoms with Crippen LogP contribution >= 0.6 is 11.8 Å². The van der Waals surface area contributed by atoms with Crippen LogP contribution in [0.25, 0.3) is 21.9 Å². The Hall–Kier alpha value is -3.32. The summed E-state index contributed by atoms with van der Waals surface area (Å²) in [6, 6.07) is 19.9. The number of nitrogens with zero attached hydrogens (tertiary/aromatic N) is 1. The maximum absolute atomic E-state index is 13.6. The highest BCUT2D eigenvalue weighted by atomic mass is 32.2. The van der Waals surface area contributed by atoms with Gasteiger partial charge in [-0.2, -0.15) is 13.2 Å². The molecule has 0 saturated carbocycles. The Balaban J connectivity index is 1.74. The Bertz CT molecular complexity index is 1500. The number of halogens is 3. The largest absolute Gasteiger partial charge is 0.416 e. The molecule has 1 unspecified atom stereocenters. The van der Waals surface area contributed by atoms with Gasteiger partial charge in [0.05, 0.1) is 10.6 Å². The van der Waals surface area contributed by atoms with Gasteiger partial charge in [-0.05, 0) is 46.0 Å². The summed E-state index contributed by atoms with van der Waals surface area (Å²) in [6.45, 7) is 1.75. The smallest absolute Gasteiger partial charge is 0.297 e. The molecular formula is C28H22F3NO2S. The Morgan fingerprint density at radius 2 is 1.74 bits per heavy atom. The summed E-state index contributed by atoms with van der Waals surface area (Å²) >= 11 is 1.36. The SMILES string of the molecule is CCC(=O)C1CSc2c(-c3cccc(C(F)(F)F)c3)c(Cc3cccc4ccccc34)cc(=O)n21. The maximum atomic E-state index is 13.6. The number of hydrogen-bond donors (Lipinski definition) is 0. The summed E-state index contributed by atoms with van der Waals surface area (Å²) in [5.74, 6) is 0.334. The number of ketones is 1. The summed E-state index contributed by atoms with van der Waals surface area (Å²) in [7, 11) is 0. The second-order valence-corrected chi connectivity index (χ2v) is 9.61. The quantitative estimate of drug-likeness (QED) is 0.303. The number of carbonyl (C=O) groups excluding carboxylic acids is 1. The van der Waals surface area contributed by atoms with Crippen LogP contribution in [0, 0.1) is 0 Å². The van der Waals surface area contributed by atoms with E-state index in [0.29, 0.717) is 33.9 Å². The minimum atomic E-state index is -4.49. The van der Waals surface area contributed by atoms with Gasteiger partial charge in [-0.1, -0.05) is 61.5 Å². The first-order valence-electron chi connectivity index (χ1n) is 11.4. The molecule has 35 heavy (non-hydrogen) atoms. The van der Waals surface area contributed by atoms with Crippen molar-refractivity contribution in [3.8, 4) is 11.1 Å². The summed E-state index contributed by atoms with van der Waals surface area (Å²) < 4.78 is 42.1. The molecule has 7 heteroatoms. The number of Topliss-reactive ketones (excluding diaryl/α,β-unsaturated/α-hetero) is 1. The van der Waals surface area contributed by atoms with E-state index in [1.54, 1.807) is 13.0 Å². The summed E-state index contributed by atoms with van der Waals surface area (Å²) in [5, 5.41) is 2.63. The van der Waals surface area contributed by atoms with Crippen LogP contribution in [-0.2, 0) is 17.4 Å². The van der Waals surface area contributed by atoms with Crippen LogP contribution < -0.4 is 5.56 Å². The molecule has 4 aromatic rings. The number of hydrogen-bond acceptors (Lipinski definition) is 3. The first kappa shape index (κ1) is 23.4. The lowest BCUT2D eigenvalue weighted by Crippen LogP contribution is -2.29. The Labute approximate surface area is 204 Å². The fraction of sp³-hybridized carbons (Fsp3) is 0.214. The van der Waals surface area contributed by atoms with Crippen molar-refractivity contribution < 1.29 is 18.0 Å². The van der Waals surface area contributed by atoms with Gasteiger partial charge >= 0.3 is 6.18 Å². The van der Waals surface area contributed by atoms with Gasteiger partial charge in [-0.3, -0.25) is 14.2 Å². The molecule has 1 aliphatic heterocycles. The molecule has 5 rings (SSSR count). The zero-order valence-corrected chi connectivity index (χ0v) is 19.7. The lowest BCUT2D eigenvalue weighted by molar-refractivity contribution is -0.137. The zero-order chi connectivity index (χ0) is 24.7. The number of thioether (sulfide) groups is 1. The van der Waals surface area contributed by atoms with Crippen LogP contribution in [-0.4, -0.2) is 16.1 Å². The highest BCUT2D eigenvalue weighted by molar-refractivity contribution is 7.99. The van der Waals surface area contributed by atoms with Crippen LogP contribution in [0.4, 0.5) is 13.2 Å². The number of rotatable bonds is 5. The second-order valence-electron chi connectivity index (χ2n) is 8.60. The van der Waals surface area contributed by atoms with Gasteiger partial charge < -0.3 is 0 Å². The van der Waals surface area contributed by atoms with Crippen LogP contribution in [0.15, 0.2) is 82.6 Å². The molecule has 0 amide bonds. The van der Waals surface area contributed by atoms with Gasteiger partial charge in [-0.25, -0.2) is 0 Å². The predicted molar refractivity (Wildman–Crippen MR) is 133 cm³/mol. The highest BCUT2D eigenvalue weighted by Crippen LogP contribution is 2.43. The molecule has 0 spiro atoms. The molecule has 1 atom stereocenters. The van der Waals surface area contributed by atoms with Gasteiger partial charge in [0, 0.05) is 23.8 Å². The van der Waals surface area contributed by atoms with Crippen molar-refractivity contribution in [2.45, 2.75) is 37.0 Å². The third kappa shape index (κ3) is 4.29. The lowest BCUT2D eigenvalue weighted by Gasteiger charge is -2.19. The van der Waals surface area contributed by atoms with E-state index >= 15 is 0 Å². The van der Waals surface area contributed by atoms with E-state index in [-0.39, 0.29) is 17.8 Å². The standard InChI is InChI=1S/C28H22F3NO2S/c1-2-24(33)23-16-35-27-26(19-10-6-11-21(14-19)28(29,30)31)20(15-25(34)32(23)27)13-18-9-5-8-17-7-3-4-12-22(17)18/h3-12,14-15,23H,2,13,16H2,1H3. The van der Waals surface area contributed by atoms with Crippen LogP contribution in [0.2, 0.25) is 0 Å². The van der Waals surface area contributed by atoms with Crippen molar-refractivity contribution in [3.63, 3.8) is 0 Å². The summed E-state index contributed by atoms with van der Waals surface area (Å²) in [6.07, 6.45) is -3.83. The van der Waals surface area contributed by atoms with E-state index in [1.807, 2.05) is 42.5 Å². The van der Waals surface area contributed by atoms with Crippen LogP contribution in [0.5, 0.6) is 0 Å². The number of benzene rings is 3. The van der Waals surface area contributed by atoms with E-state index < -0.39 is 17.8 Å². The molecule has 3 aromatic carbocycles. The molecule has 0 radical (unpaired) electrons. The third-order valence-corrected chi connectivity index (χ3v) is 7.59. The van der Waals surface area contributed by atoms with Crippen molar-refractivity contribution in [1.29, 1.82) is 0 Å². The van der Waals surface area contributed by atoms with E-state index in [1.165, 1.54) is 28.5 Å². The minimum Gasteiger partial charge on any atom is -0.297 e. The number of carbonyl (C=O) groups is 1. The molecule has 0 N–H and O–H groups in total. The Morgan fingerprint density at radius 1 is 1.00 bits per heavy atom. The van der Waals surface area contributed by atoms with Crippen molar-refractivity contribution in [1.82, 2.24) is 4.57 Å². The first-order chi connectivity index (χ1) is 16.8. The van der Waals surface area contributed by atoms with E-state index in [0.717, 1.165) is 28.5 Å². The van der Waals surface area contributed by atoms with E-state index in [4.69, 9.17) is 0 Å². The van der Waals surface area contributed by atoms with E-state index in [9.17, 15) is 22.8 Å². The topological polar surface area (TPSA) is 39.1 Å². The number of alkyl halides is 3. The molecule has 0 fully saturated rings. The highest BCUT2D eigenvalue weighted by Gasteiger charge is 2.34. The van der Waals surface area contributed by atoms with Gasteiger partial charge in [0.25, 0.3) is 5.56 Å². The van der Waals surface area contributed by atoms with Crippen molar-refractivity contribution in [2.75, 3.05) is 5.75 Å². The van der Waals surface area contributed by atoms with Crippen LogP contribution in [0.3, 0.4) is 0 Å². The second kappa shape index (κ2) is 9.04. The van der Waals surface area contributed by atoms with Crippen molar-refractivity contribution >= 4 is 28.3 Å². The third-order valence-electron chi connectivity index (χ3n) is 6.44. The molecule has 2 heterocycles. The number of fused-ring (bicyclic) bond motifs is 2. The molecule has 178 valence electrons. The van der Waals surface area contributed by atoms with E-state index in [2.05, 4.69) is 0 Å². The fourth-order valence-corrected chi connectivity index (χ4v) is 6.14. The maximum Gasteiger partial charge on any atom is 0.416 e. The molecule has 1 aliphatic rings. The number of pyridine rings is 1. The molecular weight excluding hydrogens is 471 g/mol. The summed E-state index contributed by atoms with van der Waals surface area (Å²) in [5.41, 5.74) is 1.54. The normalized spacial score (nSPS) is 15.4. The van der Waals surface area contributed by atoms with Crippen molar-refractivity contribution in [2.24, 2.45) is 0 Å². The molecule has 1 aromatic heterocycles. The average Bonchev–Trinajstić information content (AvgIpc) is 3.29. The minimum absolute atomic E-state index is 0.0601. The van der Waals surface area contributed by atoms with Gasteiger partial charge in [-0.15, -0.1) is 11.8 Å². The molecule has 0 bridgehead atoms. The zero-order valence-electron chi connectivity index (χ0n) is 18.9. The Morgan fingerprint density at radius 3 is 2.51 bits per heavy atom. The monoisotopic (exact) mass is 493 g/mol.